The number of benzene rings is 1. The number of amides is 1. The highest BCUT2D eigenvalue weighted by molar-refractivity contribution is 5.94. The fraction of sp³-hybridized carbons (Fsp3) is 0.500. The number of nitrogens with one attached hydrogen (secondary N) is 1. The van der Waals surface area contributed by atoms with E-state index in [1.807, 2.05) is 24.3 Å². The molecule has 0 heterocycles. The Morgan fingerprint density at radius 2 is 1.94 bits per heavy atom. The highest BCUT2D eigenvalue weighted by Crippen LogP contribution is 2.12. The maximum atomic E-state index is 11.7. The van der Waals surface area contributed by atoms with Crippen molar-refractivity contribution in [1.29, 1.82) is 0 Å². The van der Waals surface area contributed by atoms with Crippen LogP contribution in [0.1, 0.15) is 23.7 Å². The Hall–Kier alpha value is -1.55. The van der Waals surface area contributed by atoms with E-state index in [0.29, 0.717) is 11.6 Å². The first-order chi connectivity index (χ1) is 8.54. The summed E-state index contributed by atoms with van der Waals surface area (Å²) >= 11 is 0. The summed E-state index contributed by atoms with van der Waals surface area (Å²) < 4.78 is 5.04. The fourth-order valence-electron chi connectivity index (χ4n) is 1.62. The first-order valence-electron chi connectivity index (χ1n) is 6.11. The molecule has 0 spiro atoms. The van der Waals surface area contributed by atoms with Gasteiger partial charge in [-0.25, -0.2) is 0 Å². The van der Waals surface area contributed by atoms with Crippen LogP contribution in [0.15, 0.2) is 24.3 Å². The number of methoxy groups -OCH3 is 1. The van der Waals surface area contributed by atoms with Crippen molar-refractivity contribution in [1.82, 2.24) is 4.90 Å². The molecule has 1 amide bonds. The van der Waals surface area contributed by atoms with Gasteiger partial charge in [-0.3, -0.25) is 4.79 Å². The van der Waals surface area contributed by atoms with Crippen molar-refractivity contribution in [2.24, 2.45) is 0 Å². The third-order valence-corrected chi connectivity index (χ3v) is 2.71. The maximum absolute atomic E-state index is 11.7. The lowest BCUT2D eigenvalue weighted by molar-refractivity contribution is 0.0827. The van der Waals surface area contributed by atoms with Crippen LogP contribution in [-0.2, 0) is 4.74 Å². The molecule has 0 aliphatic heterocycles. The monoisotopic (exact) mass is 250 g/mol. The van der Waals surface area contributed by atoms with Gasteiger partial charge in [0.15, 0.2) is 0 Å². The van der Waals surface area contributed by atoms with Gasteiger partial charge < -0.3 is 15.0 Å². The number of hydrogen-bond acceptors (Lipinski definition) is 3. The van der Waals surface area contributed by atoms with E-state index >= 15 is 0 Å². The summed E-state index contributed by atoms with van der Waals surface area (Å²) in [6, 6.07) is 7.89. The predicted octanol–water partition coefficient (Wildman–Crippen LogP) is 2.23. The molecule has 0 aromatic heterocycles. The van der Waals surface area contributed by atoms with Crippen LogP contribution in [0.4, 0.5) is 5.69 Å². The Balaban J connectivity index is 2.57. The Kier molecular flexibility index (Phi) is 5.65. The SMILES string of the molecule is COCCC(C)Nc1ccc(C(=O)N(C)C)cc1. The zero-order valence-electron chi connectivity index (χ0n) is 11.6. The highest BCUT2D eigenvalue weighted by Gasteiger charge is 2.07. The summed E-state index contributed by atoms with van der Waals surface area (Å²) in [5, 5.41) is 3.37. The van der Waals surface area contributed by atoms with Gasteiger partial charge in [-0.05, 0) is 37.6 Å². The normalized spacial score (nSPS) is 12.0. The third-order valence-electron chi connectivity index (χ3n) is 2.71. The van der Waals surface area contributed by atoms with Crippen LogP contribution in [0.2, 0.25) is 0 Å². The van der Waals surface area contributed by atoms with E-state index in [9.17, 15) is 4.79 Å². The molecule has 0 aliphatic carbocycles. The topological polar surface area (TPSA) is 41.6 Å². The number of nitrogens with zero attached hydrogens (tertiary/aromatic N) is 1. The zero-order chi connectivity index (χ0) is 13.5. The minimum absolute atomic E-state index is 0.0222. The molecule has 0 fully saturated rings. The van der Waals surface area contributed by atoms with Crippen molar-refractivity contribution in [3.8, 4) is 0 Å². The molecule has 0 bridgehead atoms. The minimum atomic E-state index is 0.0222. The van der Waals surface area contributed by atoms with E-state index < -0.39 is 0 Å². The van der Waals surface area contributed by atoms with Gasteiger partial charge in [0.2, 0.25) is 0 Å². The molecule has 1 atom stereocenters. The van der Waals surface area contributed by atoms with E-state index in [2.05, 4.69) is 12.2 Å². The van der Waals surface area contributed by atoms with Crippen molar-refractivity contribution in [3.05, 3.63) is 29.8 Å². The second kappa shape index (κ2) is 7.01. The average molecular weight is 250 g/mol. The molecule has 0 aliphatic rings. The fourth-order valence-corrected chi connectivity index (χ4v) is 1.62. The van der Waals surface area contributed by atoms with Crippen molar-refractivity contribution >= 4 is 11.6 Å². The van der Waals surface area contributed by atoms with Crippen LogP contribution in [0.25, 0.3) is 0 Å². The van der Waals surface area contributed by atoms with Gasteiger partial charge in [0, 0.05) is 45.1 Å². The standard InChI is InChI=1S/C14H22N2O2/c1-11(9-10-18-4)15-13-7-5-12(6-8-13)14(17)16(2)3/h5-8,11,15H,9-10H2,1-4H3. The maximum Gasteiger partial charge on any atom is 0.253 e. The summed E-state index contributed by atoms with van der Waals surface area (Å²) in [6.07, 6.45) is 0.953. The van der Waals surface area contributed by atoms with Gasteiger partial charge in [-0.2, -0.15) is 0 Å². The molecule has 1 unspecified atom stereocenters. The van der Waals surface area contributed by atoms with Crippen molar-refractivity contribution in [2.75, 3.05) is 33.1 Å². The van der Waals surface area contributed by atoms with Gasteiger partial charge >= 0.3 is 0 Å². The lowest BCUT2D eigenvalue weighted by Gasteiger charge is -2.15. The molecule has 0 radical (unpaired) electrons. The first kappa shape index (κ1) is 14.5. The summed E-state index contributed by atoms with van der Waals surface area (Å²) in [5.41, 5.74) is 1.73. The largest absolute Gasteiger partial charge is 0.385 e. The Labute approximate surface area is 109 Å². The first-order valence-corrected chi connectivity index (χ1v) is 6.11. The Bertz CT molecular complexity index is 374. The number of rotatable bonds is 6. The van der Waals surface area contributed by atoms with Crippen LogP contribution in [0.3, 0.4) is 0 Å². The molecular weight excluding hydrogens is 228 g/mol. The van der Waals surface area contributed by atoms with Gasteiger partial charge in [0.05, 0.1) is 0 Å². The van der Waals surface area contributed by atoms with E-state index in [1.165, 1.54) is 0 Å². The molecule has 4 nitrogen and oxygen atoms in total. The molecule has 0 saturated heterocycles. The quantitative estimate of drug-likeness (QED) is 0.841. The van der Waals surface area contributed by atoms with Crippen LogP contribution in [0, 0.1) is 0 Å². The molecule has 18 heavy (non-hydrogen) atoms. The lowest BCUT2D eigenvalue weighted by atomic mass is 10.1. The lowest BCUT2D eigenvalue weighted by Crippen LogP contribution is -2.21. The van der Waals surface area contributed by atoms with E-state index in [1.54, 1.807) is 26.1 Å². The Morgan fingerprint density at radius 3 is 2.44 bits per heavy atom. The average Bonchev–Trinajstić information content (AvgIpc) is 2.36. The summed E-state index contributed by atoms with van der Waals surface area (Å²) in [5.74, 6) is 0.0222. The number of carbonyl (C=O) groups excluding carboxylic acids is 1. The summed E-state index contributed by atoms with van der Waals surface area (Å²) in [4.78, 5) is 13.3. The molecule has 0 saturated carbocycles. The van der Waals surface area contributed by atoms with Crippen molar-refractivity contribution in [2.45, 2.75) is 19.4 Å². The van der Waals surface area contributed by atoms with Gasteiger partial charge in [-0.1, -0.05) is 0 Å². The minimum Gasteiger partial charge on any atom is -0.385 e. The van der Waals surface area contributed by atoms with E-state index in [-0.39, 0.29) is 5.91 Å². The summed E-state index contributed by atoms with van der Waals surface area (Å²) in [6.45, 7) is 2.85. The molecule has 1 N–H and O–H groups in total. The zero-order valence-corrected chi connectivity index (χ0v) is 11.6. The number of anilines is 1. The second-order valence-corrected chi connectivity index (χ2v) is 4.60. The van der Waals surface area contributed by atoms with E-state index in [4.69, 9.17) is 4.74 Å². The van der Waals surface area contributed by atoms with Crippen molar-refractivity contribution in [3.63, 3.8) is 0 Å². The number of ether oxygens (including phenoxy) is 1. The Morgan fingerprint density at radius 1 is 1.33 bits per heavy atom. The molecular formula is C14H22N2O2. The van der Waals surface area contributed by atoms with Gasteiger partial charge in [-0.15, -0.1) is 0 Å². The molecule has 1 aromatic rings. The molecule has 1 aromatic carbocycles. The third kappa shape index (κ3) is 4.37. The van der Waals surface area contributed by atoms with Crippen LogP contribution in [0.5, 0.6) is 0 Å². The number of hydrogen-bond donors (Lipinski definition) is 1. The van der Waals surface area contributed by atoms with E-state index in [0.717, 1.165) is 18.7 Å². The van der Waals surface area contributed by atoms with Gasteiger partial charge in [0.25, 0.3) is 5.91 Å². The van der Waals surface area contributed by atoms with Gasteiger partial charge in [0.1, 0.15) is 0 Å². The highest BCUT2D eigenvalue weighted by atomic mass is 16.5. The molecule has 4 heteroatoms. The smallest absolute Gasteiger partial charge is 0.253 e. The summed E-state index contributed by atoms with van der Waals surface area (Å²) in [7, 11) is 5.21. The van der Waals surface area contributed by atoms with Crippen LogP contribution < -0.4 is 5.32 Å². The molecule has 100 valence electrons. The predicted molar refractivity (Wildman–Crippen MR) is 74.0 cm³/mol. The van der Waals surface area contributed by atoms with Crippen molar-refractivity contribution < 1.29 is 9.53 Å². The van der Waals surface area contributed by atoms with Crippen LogP contribution in [-0.4, -0.2) is 44.7 Å². The second-order valence-electron chi connectivity index (χ2n) is 4.60. The van der Waals surface area contributed by atoms with Crippen LogP contribution >= 0.6 is 0 Å². The molecule has 1 rings (SSSR count). The number of carbonyl (C=O) groups is 1.